The van der Waals surface area contributed by atoms with Gasteiger partial charge < -0.3 is 20.4 Å². The van der Waals surface area contributed by atoms with Crippen molar-refractivity contribution in [3.05, 3.63) is 0 Å². The van der Waals surface area contributed by atoms with Crippen molar-refractivity contribution in [2.75, 3.05) is 0 Å². The summed E-state index contributed by atoms with van der Waals surface area (Å²) in [6.45, 7) is 6.72. The van der Waals surface area contributed by atoms with Crippen LogP contribution in [0.4, 0.5) is 0 Å². The molecule has 4 aliphatic rings. The number of aliphatic hydroxyl groups excluding tert-OH is 3. The summed E-state index contributed by atoms with van der Waals surface area (Å²) in [5.74, 6) is 0.997. The van der Waals surface area contributed by atoms with Crippen LogP contribution >= 0.6 is 0 Å². The van der Waals surface area contributed by atoms with Crippen molar-refractivity contribution in [1.29, 1.82) is 0 Å². The second kappa shape index (κ2) is 7.49. The maximum atomic E-state index is 11.5. The molecule has 5 heteroatoms. The molecule has 4 saturated carbocycles. The van der Waals surface area contributed by atoms with Crippen LogP contribution in [0, 0.1) is 46.3 Å². The van der Waals surface area contributed by atoms with Crippen LogP contribution in [-0.4, -0.2) is 44.7 Å². The summed E-state index contributed by atoms with van der Waals surface area (Å²) in [7, 11) is 0. The topological polar surface area (TPSA) is 98.0 Å². The van der Waals surface area contributed by atoms with E-state index in [9.17, 15) is 20.1 Å². The molecule has 4 aliphatic carbocycles. The van der Waals surface area contributed by atoms with E-state index >= 15 is 0 Å². The van der Waals surface area contributed by atoms with Crippen molar-refractivity contribution < 1.29 is 25.2 Å². The third kappa shape index (κ3) is 3.27. The summed E-state index contributed by atoms with van der Waals surface area (Å²) < 4.78 is 0. The molecule has 0 heterocycles. The monoisotopic (exact) mass is 408 g/mol. The summed E-state index contributed by atoms with van der Waals surface area (Å²) in [5.41, 5.74) is -0.143. The quantitative estimate of drug-likeness (QED) is 0.571. The van der Waals surface area contributed by atoms with Gasteiger partial charge in [-0.05, 0) is 97.7 Å². The molecule has 0 unspecified atom stereocenters. The first kappa shape index (κ1) is 21.6. The van der Waals surface area contributed by atoms with E-state index in [-0.39, 0.29) is 41.3 Å². The molecule has 4 rings (SSSR count). The van der Waals surface area contributed by atoms with Gasteiger partial charge in [-0.1, -0.05) is 20.8 Å². The highest BCUT2D eigenvalue weighted by Crippen LogP contribution is 2.68. The van der Waals surface area contributed by atoms with Gasteiger partial charge in [-0.25, -0.2) is 0 Å². The SMILES string of the molecule is C[C@H](CCC(=O)O)[C@H]1CC[C@H]2[C@@H]3[C@@H](O)C[C@@H]4C[C@H](O)CC[C@]4(C)[C@H]3C[C@H](O)[C@]12C. The molecule has 4 N–H and O–H groups in total. The molecule has 0 amide bonds. The lowest BCUT2D eigenvalue weighted by atomic mass is 9.43. The van der Waals surface area contributed by atoms with Crippen molar-refractivity contribution >= 4 is 5.97 Å². The molecule has 0 radical (unpaired) electrons. The standard InChI is InChI=1S/C24H40O5/c1-13(4-7-21(28)29)16-5-6-17-22-18(12-20(27)24(16,17)3)23(2)9-8-15(25)10-14(23)11-19(22)26/h13-20,22,25-27H,4-12H2,1-3H3,(H,28,29)/t13-,14+,15-,16-,17+,18+,19+,20+,22+,23+,24-/m1/s1. The Labute approximate surface area is 174 Å². The number of carboxylic acid groups (broad SMARTS) is 1. The Bertz CT molecular complexity index is 637. The average molecular weight is 409 g/mol. The number of carbonyl (C=O) groups is 1. The maximum Gasteiger partial charge on any atom is 0.303 e. The zero-order valence-corrected chi connectivity index (χ0v) is 18.3. The van der Waals surface area contributed by atoms with Crippen LogP contribution in [0.5, 0.6) is 0 Å². The molecule has 29 heavy (non-hydrogen) atoms. The van der Waals surface area contributed by atoms with Gasteiger partial charge in [-0.15, -0.1) is 0 Å². The van der Waals surface area contributed by atoms with Crippen molar-refractivity contribution in [2.45, 2.75) is 96.9 Å². The van der Waals surface area contributed by atoms with Gasteiger partial charge in [0, 0.05) is 6.42 Å². The molecule has 11 atom stereocenters. The lowest BCUT2D eigenvalue weighted by molar-refractivity contribution is -0.207. The Kier molecular flexibility index (Phi) is 5.57. The van der Waals surface area contributed by atoms with E-state index in [1.165, 1.54) is 0 Å². The van der Waals surface area contributed by atoms with E-state index in [2.05, 4.69) is 20.8 Å². The molecular formula is C24H40O5. The molecule has 4 fully saturated rings. The first-order chi connectivity index (χ1) is 13.6. The predicted molar refractivity (Wildman–Crippen MR) is 110 cm³/mol. The minimum atomic E-state index is -0.748. The number of rotatable bonds is 4. The van der Waals surface area contributed by atoms with Gasteiger partial charge in [0.2, 0.25) is 0 Å². The zero-order valence-electron chi connectivity index (χ0n) is 18.3. The fraction of sp³-hybridized carbons (Fsp3) is 0.958. The molecule has 0 aliphatic heterocycles. The van der Waals surface area contributed by atoms with Gasteiger partial charge in [-0.3, -0.25) is 4.79 Å². The van der Waals surface area contributed by atoms with Crippen LogP contribution in [0.2, 0.25) is 0 Å². The summed E-state index contributed by atoms with van der Waals surface area (Å²) in [5, 5.41) is 42.0. The molecule has 0 spiro atoms. The van der Waals surface area contributed by atoms with Gasteiger partial charge in [-0.2, -0.15) is 0 Å². The Morgan fingerprint density at radius 3 is 2.45 bits per heavy atom. The van der Waals surface area contributed by atoms with Crippen LogP contribution < -0.4 is 0 Å². The lowest BCUT2D eigenvalue weighted by Crippen LogP contribution is -2.62. The molecule has 166 valence electrons. The van der Waals surface area contributed by atoms with Gasteiger partial charge in [0.05, 0.1) is 18.3 Å². The Balaban J connectivity index is 1.61. The largest absolute Gasteiger partial charge is 0.481 e. The Morgan fingerprint density at radius 2 is 1.76 bits per heavy atom. The first-order valence-corrected chi connectivity index (χ1v) is 11.8. The minimum absolute atomic E-state index is 0.0957. The second-order valence-corrected chi connectivity index (χ2v) is 11.4. The smallest absolute Gasteiger partial charge is 0.303 e. The normalized spacial score (nSPS) is 52.9. The van der Waals surface area contributed by atoms with Crippen molar-refractivity contribution in [1.82, 2.24) is 0 Å². The van der Waals surface area contributed by atoms with E-state index in [0.717, 1.165) is 44.9 Å². The Morgan fingerprint density at radius 1 is 1.03 bits per heavy atom. The molecule has 0 aromatic rings. The number of hydrogen-bond donors (Lipinski definition) is 4. The van der Waals surface area contributed by atoms with Crippen molar-refractivity contribution in [2.24, 2.45) is 46.3 Å². The van der Waals surface area contributed by atoms with Gasteiger partial charge >= 0.3 is 5.97 Å². The minimum Gasteiger partial charge on any atom is -0.481 e. The van der Waals surface area contributed by atoms with Gasteiger partial charge in [0.15, 0.2) is 0 Å². The molecule has 0 bridgehead atoms. The first-order valence-electron chi connectivity index (χ1n) is 11.8. The lowest BCUT2D eigenvalue weighted by Gasteiger charge is -2.63. The van der Waals surface area contributed by atoms with E-state index in [4.69, 9.17) is 5.11 Å². The number of hydrogen-bond acceptors (Lipinski definition) is 4. The van der Waals surface area contributed by atoms with E-state index in [1.807, 2.05) is 0 Å². The van der Waals surface area contributed by atoms with E-state index in [0.29, 0.717) is 30.1 Å². The van der Waals surface area contributed by atoms with Crippen molar-refractivity contribution in [3.63, 3.8) is 0 Å². The molecule has 0 aromatic heterocycles. The summed E-state index contributed by atoms with van der Waals surface area (Å²) in [6, 6.07) is 0. The number of aliphatic carboxylic acids is 1. The number of fused-ring (bicyclic) bond motifs is 5. The van der Waals surface area contributed by atoms with Crippen LogP contribution in [0.15, 0.2) is 0 Å². The zero-order chi connectivity index (χ0) is 21.1. The Hall–Kier alpha value is -0.650. The number of carboxylic acids is 1. The molecule has 5 nitrogen and oxygen atoms in total. The summed E-state index contributed by atoms with van der Waals surface area (Å²) in [6.07, 6.45) is 6.00. The van der Waals surface area contributed by atoms with Crippen LogP contribution in [0.25, 0.3) is 0 Å². The third-order valence-corrected chi connectivity index (χ3v) is 10.3. The second-order valence-electron chi connectivity index (χ2n) is 11.4. The number of aliphatic hydroxyl groups is 3. The highest BCUT2D eigenvalue weighted by atomic mass is 16.4. The third-order valence-electron chi connectivity index (χ3n) is 10.3. The molecule has 0 saturated heterocycles. The van der Waals surface area contributed by atoms with E-state index < -0.39 is 12.1 Å². The van der Waals surface area contributed by atoms with Gasteiger partial charge in [0.1, 0.15) is 0 Å². The summed E-state index contributed by atoms with van der Waals surface area (Å²) >= 11 is 0. The van der Waals surface area contributed by atoms with Gasteiger partial charge in [0.25, 0.3) is 0 Å². The maximum absolute atomic E-state index is 11.5. The molecule has 0 aromatic carbocycles. The van der Waals surface area contributed by atoms with Crippen LogP contribution in [0.3, 0.4) is 0 Å². The highest BCUT2D eigenvalue weighted by Gasteiger charge is 2.65. The van der Waals surface area contributed by atoms with Crippen LogP contribution in [0.1, 0.15) is 78.6 Å². The average Bonchev–Trinajstić information content (AvgIpc) is 3.01. The predicted octanol–water partition coefficient (Wildman–Crippen LogP) is 3.45. The summed E-state index contributed by atoms with van der Waals surface area (Å²) in [4.78, 5) is 11.1. The fourth-order valence-corrected chi connectivity index (χ4v) is 8.68. The highest BCUT2D eigenvalue weighted by molar-refractivity contribution is 5.66. The van der Waals surface area contributed by atoms with Crippen molar-refractivity contribution in [3.8, 4) is 0 Å². The fourth-order valence-electron chi connectivity index (χ4n) is 8.68. The molecular weight excluding hydrogens is 368 g/mol. The van der Waals surface area contributed by atoms with E-state index in [1.54, 1.807) is 0 Å². The van der Waals surface area contributed by atoms with Crippen LogP contribution in [-0.2, 0) is 4.79 Å².